The fourth-order valence-electron chi connectivity index (χ4n) is 3.36. The molecule has 1 aliphatic carbocycles. The van der Waals surface area contributed by atoms with Crippen molar-refractivity contribution in [2.45, 2.75) is 37.8 Å². The van der Waals surface area contributed by atoms with Gasteiger partial charge in [-0.3, -0.25) is 4.79 Å². The quantitative estimate of drug-likeness (QED) is 0.616. The Kier molecular flexibility index (Phi) is 6.13. The van der Waals surface area contributed by atoms with Crippen LogP contribution >= 0.6 is 0 Å². The van der Waals surface area contributed by atoms with E-state index in [2.05, 4.69) is 4.72 Å². The van der Waals surface area contributed by atoms with Gasteiger partial charge in [0, 0.05) is 32.1 Å². The number of benzene rings is 1. The van der Waals surface area contributed by atoms with E-state index in [0.29, 0.717) is 0 Å². The number of carbonyl (C=O) groups is 2. The summed E-state index contributed by atoms with van der Waals surface area (Å²) in [5.41, 5.74) is -0.769. The topological polar surface area (TPSA) is 125 Å². The maximum absolute atomic E-state index is 12.8. The third-order valence-corrected chi connectivity index (χ3v) is 6.60. The molecular formula is C18H25N3O7S. The van der Waals surface area contributed by atoms with Gasteiger partial charge in [-0.25, -0.2) is 4.79 Å². The Labute approximate surface area is 169 Å². The van der Waals surface area contributed by atoms with Crippen LogP contribution in [0.2, 0.25) is 0 Å². The van der Waals surface area contributed by atoms with Crippen molar-refractivity contribution in [3.8, 4) is 0 Å². The van der Waals surface area contributed by atoms with E-state index in [4.69, 9.17) is 9.57 Å². The number of carboxylic acids is 1. The lowest BCUT2D eigenvalue weighted by atomic mass is 10.1. The molecule has 0 radical (unpaired) electrons. The van der Waals surface area contributed by atoms with Crippen molar-refractivity contribution >= 4 is 22.3 Å². The Morgan fingerprint density at radius 1 is 1.17 bits per heavy atom. The first-order valence-electron chi connectivity index (χ1n) is 9.35. The molecule has 1 aliphatic heterocycles. The third-order valence-electron chi connectivity index (χ3n) is 4.93. The van der Waals surface area contributed by atoms with Crippen molar-refractivity contribution in [3.63, 3.8) is 0 Å². The zero-order valence-electron chi connectivity index (χ0n) is 16.3. The first-order valence-corrected chi connectivity index (χ1v) is 10.8. The molecule has 1 saturated heterocycles. The lowest BCUT2D eigenvalue weighted by Crippen LogP contribution is -2.56. The third kappa shape index (κ3) is 4.86. The Morgan fingerprint density at radius 3 is 2.34 bits per heavy atom. The second-order valence-electron chi connectivity index (χ2n) is 7.39. The van der Waals surface area contributed by atoms with Gasteiger partial charge >= 0.3 is 12.1 Å². The minimum atomic E-state index is -4.03. The van der Waals surface area contributed by atoms with Crippen LogP contribution < -0.4 is 4.72 Å². The summed E-state index contributed by atoms with van der Waals surface area (Å²) in [4.78, 5) is 28.4. The lowest BCUT2D eigenvalue weighted by molar-refractivity contribution is -0.144. The number of aliphatic carboxylic acids is 1. The number of hydroxylamine groups is 2. The van der Waals surface area contributed by atoms with Crippen molar-refractivity contribution in [2.24, 2.45) is 0 Å². The van der Waals surface area contributed by atoms with Crippen molar-refractivity contribution < 1.29 is 32.7 Å². The number of ether oxygens (including phenoxy) is 1. The number of piperazine rings is 1. The molecule has 0 amide bonds. The molecule has 1 aromatic carbocycles. The van der Waals surface area contributed by atoms with E-state index in [0.717, 1.165) is 9.87 Å². The molecular weight excluding hydrogens is 402 g/mol. The van der Waals surface area contributed by atoms with Crippen LogP contribution in [0.5, 0.6) is 0 Å². The van der Waals surface area contributed by atoms with Gasteiger partial charge < -0.3 is 14.7 Å². The smallest absolute Gasteiger partial charge is 0.480 e. The van der Waals surface area contributed by atoms with Crippen LogP contribution in [0.25, 0.3) is 0 Å². The minimum absolute atomic E-state index is 0.0516. The predicted octanol–water partition coefficient (Wildman–Crippen LogP) is 0.926. The fraction of sp³-hybridized carbons (Fsp3) is 0.556. The summed E-state index contributed by atoms with van der Waals surface area (Å²) >= 11 is 0. The van der Waals surface area contributed by atoms with Crippen LogP contribution in [-0.2, 0) is 24.6 Å². The lowest BCUT2D eigenvalue weighted by Gasteiger charge is -2.33. The second-order valence-corrected chi connectivity index (χ2v) is 9.06. The van der Waals surface area contributed by atoms with Gasteiger partial charge in [0.1, 0.15) is 5.54 Å². The van der Waals surface area contributed by atoms with Gasteiger partial charge in [0.25, 0.3) is 10.2 Å². The van der Waals surface area contributed by atoms with Crippen molar-refractivity contribution in [1.82, 2.24) is 14.1 Å². The Hall–Kier alpha value is -2.21. The van der Waals surface area contributed by atoms with E-state index in [1.54, 1.807) is 38.1 Å². The van der Waals surface area contributed by atoms with Crippen LogP contribution in [0.3, 0.4) is 0 Å². The molecule has 29 heavy (non-hydrogen) atoms. The summed E-state index contributed by atoms with van der Waals surface area (Å²) in [6.07, 6.45) is -0.977. The van der Waals surface area contributed by atoms with Crippen molar-refractivity contribution in [1.29, 1.82) is 0 Å². The molecule has 0 spiro atoms. The second kappa shape index (κ2) is 8.27. The summed E-state index contributed by atoms with van der Waals surface area (Å²) in [6.45, 7) is 3.78. The maximum atomic E-state index is 12.8. The fourth-order valence-corrected chi connectivity index (χ4v) is 4.91. The Morgan fingerprint density at radius 2 is 1.79 bits per heavy atom. The molecule has 1 saturated carbocycles. The molecule has 2 fully saturated rings. The van der Waals surface area contributed by atoms with Gasteiger partial charge in [-0.1, -0.05) is 30.3 Å². The first kappa shape index (κ1) is 21.5. The Bertz CT molecular complexity index is 853. The van der Waals surface area contributed by atoms with Gasteiger partial charge in [0.2, 0.25) is 0 Å². The van der Waals surface area contributed by atoms with Gasteiger partial charge in [0.05, 0.1) is 6.10 Å². The highest BCUT2D eigenvalue weighted by molar-refractivity contribution is 7.87. The zero-order valence-corrected chi connectivity index (χ0v) is 17.1. The number of nitrogens with one attached hydrogen (secondary N) is 1. The summed E-state index contributed by atoms with van der Waals surface area (Å²) < 4.78 is 34.0. The highest BCUT2D eigenvalue weighted by Gasteiger charge is 2.63. The van der Waals surface area contributed by atoms with Crippen LogP contribution in [0, 0.1) is 0 Å². The van der Waals surface area contributed by atoms with E-state index < -0.39 is 33.8 Å². The van der Waals surface area contributed by atoms with E-state index >= 15 is 0 Å². The normalized spacial score (nSPS) is 25.6. The summed E-state index contributed by atoms with van der Waals surface area (Å²) in [7, 11) is -4.03. The minimum Gasteiger partial charge on any atom is -0.480 e. The summed E-state index contributed by atoms with van der Waals surface area (Å²) in [5, 5.41) is 11.0. The van der Waals surface area contributed by atoms with E-state index in [-0.39, 0.29) is 38.7 Å². The Balaban J connectivity index is 1.60. The highest BCUT2D eigenvalue weighted by atomic mass is 32.2. The van der Waals surface area contributed by atoms with Gasteiger partial charge in [-0.15, -0.1) is 5.06 Å². The maximum Gasteiger partial charge on any atom is 0.528 e. The van der Waals surface area contributed by atoms with Crippen LogP contribution in [0.4, 0.5) is 4.79 Å². The van der Waals surface area contributed by atoms with Crippen LogP contribution in [0.1, 0.15) is 31.7 Å². The molecule has 0 aromatic heterocycles. The number of carboxylic acid groups (broad SMARTS) is 1. The number of carbonyl (C=O) groups excluding carboxylic acids is 1. The number of rotatable bonds is 7. The summed E-state index contributed by atoms with van der Waals surface area (Å²) in [5.74, 6) is -1.63. The van der Waals surface area contributed by atoms with Gasteiger partial charge in [0.15, 0.2) is 0 Å². The SMILES string of the molecule is CC(C)OC(=O)ON1CCN(S(=O)(=O)N[C@@]2(C(=O)O)C[C@@H]2c2ccccc2)CC1. The van der Waals surface area contributed by atoms with Gasteiger partial charge in [-0.05, 0) is 25.8 Å². The largest absolute Gasteiger partial charge is 0.528 e. The molecule has 1 aromatic rings. The summed E-state index contributed by atoms with van der Waals surface area (Å²) in [6, 6.07) is 8.97. The average molecular weight is 427 g/mol. The molecule has 2 atom stereocenters. The first-order chi connectivity index (χ1) is 13.6. The predicted molar refractivity (Wildman–Crippen MR) is 102 cm³/mol. The van der Waals surface area contributed by atoms with E-state index in [9.17, 15) is 23.1 Å². The average Bonchev–Trinajstić information content (AvgIpc) is 3.37. The molecule has 2 N–H and O–H groups in total. The molecule has 3 rings (SSSR count). The van der Waals surface area contributed by atoms with Crippen molar-refractivity contribution in [3.05, 3.63) is 35.9 Å². The molecule has 1 heterocycles. The molecule has 10 nitrogen and oxygen atoms in total. The van der Waals surface area contributed by atoms with Crippen LogP contribution in [-0.4, -0.2) is 72.8 Å². The molecule has 11 heteroatoms. The monoisotopic (exact) mass is 427 g/mol. The van der Waals surface area contributed by atoms with Gasteiger partial charge in [-0.2, -0.15) is 17.4 Å². The molecule has 2 aliphatic rings. The highest BCUT2D eigenvalue weighted by Crippen LogP contribution is 2.52. The standard InChI is InChI=1S/C18H25N3O7S/c1-13(2)27-17(24)28-20-8-10-21(11-9-20)29(25,26)19-18(16(22)23)12-15(18)14-6-4-3-5-7-14/h3-7,13,15,19H,8-12H2,1-2H3,(H,22,23)/t15-,18+/m1/s1. The molecule has 0 bridgehead atoms. The zero-order chi connectivity index (χ0) is 21.2. The van der Waals surface area contributed by atoms with Crippen LogP contribution in [0.15, 0.2) is 30.3 Å². The van der Waals surface area contributed by atoms with E-state index in [1.807, 2.05) is 6.07 Å². The molecule has 160 valence electrons. The number of hydrogen-bond donors (Lipinski definition) is 2. The van der Waals surface area contributed by atoms with E-state index in [1.165, 1.54) is 5.06 Å². The number of hydrogen-bond acceptors (Lipinski definition) is 7. The van der Waals surface area contributed by atoms with Crippen molar-refractivity contribution in [2.75, 3.05) is 26.2 Å². The molecule has 0 unspecified atom stereocenters. The number of nitrogens with zero attached hydrogens (tertiary/aromatic N) is 2.